The largest absolute Gasteiger partial charge is 0.392 e. The first-order valence-corrected chi connectivity index (χ1v) is 8.41. The maximum Gasteiger partial charge on any atom is 0.274 e. The fraction of sp³-hybridized carbons (Fsp3) is 0.562. The van der Waals surface area contributed by atoms with Crippen molar-refractivity contribution in [2.75, 3.05) is 20.1 Å². The fourth-order valence-corrected chi connectivity index (χ4v) is 3.54. The van der Waals surface area contributed by atoms with Crippen molar-refractivity contribution in [1.82, 2.24) is 34.5 Å². The summed E-state index contributed by atoms with van der Waals surface area (Å²) in [7, 11) is 1.98. The number of aromatic nitrogens is 5. The first-order valence-electron chi connectivity index (χ1n) is 8.41. The Morgan fingerprint density at radius 2 is 2.08 bits per heavy atom. The molecule has 25 heavy (non-hydrogen) atoms. The third kappa shape index (κ3) is 2.89. The molecule has 0 radical (unpaired) electrons. The minimum Gasteiger partial charge on any atom is -0.392 e. The van der Waals surface area contributed by atoms with Gasteiger partial charge in [0.2, 0.25) is 0 Å². The number of amides is 1. The highest BCUT2D eigenvalue weighted by atomic mass is 16.3. The number of likely N-dealkylation sites (tertiary alicyclic amines) is 1. The van der Waals surface area contributed by atoms with Crippen LogP contribution in [0.15, 0.2) is 12.4 Å². The Morgan fingerprint density at radius 1 is 1.24 bits per heavy atom. The van der Waals surface area contributed by atoms with E-state index in [1.165, 1.54) is 6.20 Å². The second-order valence-electron chi connectivity index (χ2n) is 6.74. The zero-order chi connectivity index (χ0) is 17.6. The quantitative estimate of drug-likeness (QED) is 0.804. The van der Waals surface area contributed by atoms with E-state index in [4.69, 9.17) is 0 Å². The van der Waals surface area contributed by atoms with Crippen LogP contribution >= 0.6 is 0 Å². The number of carbonyl (C=O) groups is 1. The number of aliphatic hydroxyl groups excluding tert-OH is 1. The predicted molar refractivity (Wildman–Crippen MR) is 87.5 cm³/mol. The van der Waals surface area contributed by atoms with Crippen molar-refractivity contribution in [3.63, 3.8) is 0 Å². The van der Waals surface area contributed by atoms with Crippen molar-refractivity contribution in [2.45, 2.75) is 38.6 Å². The molecule has 0 unspecified atom stereocenters. The molecule has 1 N–H and O–H groups in total. The number of rotatable bonds is 2. The molecule has 0 bridgehead atoms. The van der Waals surface area contributed by atoms with E-state index in [1.807, 2.05) is 14.0 Å². The molecule has 2 aromatic rings. The molecule has 0 aliphatic carbocycles. The summed E-state index contributed by atoms with van der Waals surface area (Å²) in [5, 5.41) is 18.5. The zero-order valence-corrected chi connectivity index (χ0v) is 14.3. The fourth-order valence-electron chi connectivity index (χ4n) is 3.54. The summed E-state index contributed by atoms with van der Waals surface area (Å²) in [6, 6.07) is 0.0708. The molecule has 0 aromatic carbocycles. The second kappa shape index (κ2) is 6.16. The van der Waals surface area contributed by atoms with Crippen LogP contribution in [-0.4, -0.2) is 71.8 Å². The van der Waals surface area contributed by atoms with Gasteiger partial charge < -0.3 is 14.6 Å². The highest BCUT2D eigenvalue weighted by Crippen LogP contribution is 2.30. The Kier molecular flexibility index (Phi) is 3.97. The SMILES string of the molecule is Cc1cnc(C(=O)N2CCn3c(nnc3[C@@H]3C[C@@H](O)CN3C)C2)cn1. The summed E-state index contributed by atoms with van der Waals surface area (Å²) in [6.07, 6.45) is 3.44. The van der Waals surface area contributed by atoms with Gasteiger partial charge in [0.25, 0.3) is 5.91 Å². The first kappa shape index (κ1) is 16.1. The lowest BCUT2D eigenvalue weighted by Crippen LogP contribution is -2.39. The lowest BCUT2D eigenvalue weighted by molar-refractivity contribution is 0.0698. The summed E-state index contributed by atoms with van der Waals surface area (Å²) < 4.78 is 2.07. The molecule has 2 aliphatic rings. The summed E-state index contributed by atoms with van der Waals surface area (Å²) >= 11 is 0. The van der Waals surface area contributed by atoms with E-state index in [-0.39, 0.29) is 18.1 Å². The Labute approximate surface area is 145 Å². The first-order chi connectivity index (χ1) is 12.0. The van der Waals surface area contributed by atoms with Gasteiger partial charge in [-0.3, -0.25) is 14.7 Å². The number of β-amino-alcohol motifs (C(OH)–C–C–N with tert-alkyl or cyclic N) is 1. The summed E-state index contributed by atoms with van der Waals surface area (Å²) in [5.41, 5.74) is 1.12. The van der Waals surface area contributed by atoms with E-state index in [9.17, 15) is 9.90 Å². The average molecular weight is 343 g/mol. The molecule has 1 amide bonds. The van der Waals surface area contributed by atoms with Crippen LogP contribution in [0.3, 0.4) is 0 Å². The monoisotopic (exact) mass is 343 g/mol. The van der Waals surface area contributed by atoms with Crippen LogP contribution in [-0.2, 0) is 13.1 Å². The Hall–Kier alpha value is -2.39. The number of hydrogen-bond acceptors (Lipinski definition) is 7. The van der Waals surface area contributed by atoms with E-state index < -0.39 is 0 Å². The van der Waals surface area contributed by atoms with Gasteiger partial charge in [0.15, 0.2) is 11.6 Å². The van der Waals surface area contributed by atoms with E-state index in [1.54, 1.807) is 11.1 Å². The number of aryl methyl sites for hydroxylation is 1. The van der Waals surface area contributed by atoms with Gasteiger partial charge in [0, 0.05) is 25.8 Å². The van der Waals surface area contributed by atoms with Gasteiger partial charge in [-0.05, 0) is 20.4 Å². The average Bonchev–Trinajstić information content (AvgIpc) is 3.16. The zero-order valence-electron chi connectivity index (χ0n) is 14.3. The molecular formula is C16H21N7O2. The number of nitrogens with zero attached hydrogens (tertiary/aromatic N) is 7. The lowest BCUT2D eigenvalue weighted by atomic mass is 10.2. The smallest absolute Gasteiger partial charge is 0.274 e. The predicted octanol–water partition coefficient (Wildman–Crippen LogP) is -0.230. The molecule has 1 fully saturated rings. The Balaban J connectivity index is 1.53. The van der Waals surface area contributed by atoms with Gasteiger partial charge in [-0.15, -0.1) is 10.2 Å². The molecular weight excluding hydrogens is 322 g/mol. The topological polar surface area (TPSA) is 100 Å². The van der Waals surface area contributed by atoms with Crippen LogP contribution in [0, 0.1) is 6.92 Å². The number of carbonyl (C=O) groups excluding carboxylic acids is 1. The number of likely N-dealkylation sites (N-methyl/N-ethyl adjacent to an activating group) is 1. The Morgan fingerprint density at radius 3 is 2.76 bits per heavy atom. The summed E-state index contributed by atoms with van der Waals surface area (Å²) in [4.78, 5) is 24.7. The second-order valence-corrected chi connectivity index (χ2v) is 6.74. The van der Waals surface area contributed by atoms with Crippen molar-refractivity contribution >= 4 is 5.91 Å². The third-order valence-electron chi connectivity index (χ3n) is 4.89. The van der Waals surface area contributed by atoms with Crippen LogP contribution in [0.1, 0.15) is 40.3 Å². The molecule has 2 atom stereocenters. The highest BCUT2D eigenvalue weighted by Gasteiger charge is 2.35. The van der Waals surface area contributed by atoms with Crippen LogP contribution in [0.4, 0.5) is 0 Å². The van der Waals surface area contributed by atoms with Gasteiger partial charge >= 0.3 is 0 Å². The molecule has 4 heterocycles. The van der Waals surface area contributed by atoms with Gasteiger partial charge in [-0.25, -0.2) is 4.98 Å². The number of aliphatic hydroxyl groups is 1. The minimum absolute atomic E-state index is 0.0708. The molecule has 2 aliphatic heterocycles. The van der Waals surface area contributed by atoms with Crippen molar-refractivity contribution < 1.29 is 9.90 Å². The van der Waals surface area contributed by atoms with E-state index in [0.29, 0.717) is 38.3 Å². The van der Waals surface area contributed by atoms with Gasteiger partial charge in [-0.1, -0.05) is 0 Å². The number of hydrogen-bond donors (Lipinski definition) is 1. The highest BCUT2D eigenvalue weighted by molar-refractivity contribution is 5.92. The van der Waals surface area contributed by atoms with Crippen LogP contribution < -0.4 is 0 Å². The Bertz CT molecular complexity index is 788. The van der Waals surface area contributed by atoms with Gasteiger partial charge in [-0.2, -0.15) is 0 Å². The molecule has 1 saturated heterocycles. The van der Waals surface area contributed by atoms with Gasteiger partial charge in [0.05, 0.1) is 30.6 Å². The molecule has 4 rings (SSSR count). The molecule has 2 aromatic heterocycles. The van der Waals surface area contributed by atoms with Crippen molar-refractivity contribution in [2.24, 2.45) is 0 Å². The van der Waals surface area contributed by atoms with Crippen molar-refractivity contribution in [3.05, 3.63) is 35.4 Å². The van der Waals surface area contributed by atoms with E-state index >= 15 is 0 Å². The third-order valence-corrected chi connectivity index (χ3v) is 4.89. The lowest BCUT2D eigenvalue weighted by Gasteiger charge is -2.29. The minimum atomic E-state index is -0.329. The van der Waals surface area contributed by atoms with Crippen molar-refractivity contribution in [1.29, 1.82) is 0 Å². The van der Waals surface area contributed by atoms with Crippen LogP contribution in [0.5, 0.6) is 0 Å². The summed E-state index contributed by atoms with van der Waals surface area (Å²) in [5.74, 6) is 1.50. The molecule has 0 spiro atoms. The van der Waals surface area contributed by atoms with Gasteiger partial charge in [0.1, 0.15) is 5.69 Å². The van der Waals surface area contributed by atoms with E-state index in [2.05, 4.69) is 29.6 Å². The van der Waals surface area contributed by atoms with Crippen molar-refractivity contribution in [3.8, 4) is 0 Å². The molecule has 132 valence electrons. The maximum absolute atomic E-state index is 12.6. The molecule has 9 heteroatoms. The van der Waals surface area contributed by atoms with E-state index in [0.717, 1.165) is 17.3 Å². The standard InChI is InChI=1S/C16H21N7O2/c1-10-6-18-12(7-17-10)16(25)22-3-4-23-14(9-22)19-20-15(23)13-5-11(24)8-21(13)2/h6-7,11,13,24H,3-5,8-9H2,1-2H3/t11-,13+/m1/s1. The maximum atomic E-state index is 12.6. The van der Waals surface area contributed by atoms with Crippen LogP contribution in [0.2, 0.25) is 0 Å². The summed E-state index contributed by atoms with van der Waals surface area (Å²) in [6.45, 7) is 4.10. The normalized spacial score (nSPS) is 23.7. The van der Waals surface area contributed by atoms with Crippen LogP contribution in [0.25, 0.3) is 0 Å². The molecule has 0 saturated carbocycles. The number of fused-ring (bicyclic) bond motifs is 1. The molecule has 9 nitrogen and oxygen atoms in total.